The van der Waals surface area contributed by atoms with Crippen molar-refractivity contribution in [1.82, 2.24) is 0 Å². The molecule has 0 aliphatic heterocycles. The fourth-order valence-electron chi connectivity index (χ4n) is 0. The third kappa shape index (κ3) is 6.82. The van der Waals surface area contributed by atoms with Crippen LogP contribution in [-0.2, 0) is 4.79 Å². The fraction of sp³-hybridized carbons (Fsp3) is 0.667. The first kappa shape index (κ1) is 10.7. The van der Waals surface area contributed by atoms with Gasteiger partial charge in [0.15, 0.2) is 0 Å². The molecule has 0 amide bonds. The van der Waals surface area contributed by atoms with Crippen molar-refractivity contribution in [3.63, 3.8) is 0 Å². The molecule has 0 unspecified atom stereocenters. The number of carboxylic acid groups (broad SMARTS) is 1. The zero-order valence-corrected chi connectivity index (χ0v) is 7.24. The maximum atomic E-state index is 9.51. The van der Waals surface area contributed by atoms with Crippen molar-refractivity contribution < 1.29 is 39.5 Å². The Morgan fingerprint density at radius 1 is 1.86 bits per heavy atom. The van der Waals surface area contributed by atoms with Crippen molar-refractivity contribution in [2.75, 3.05) is 0 Å². The molecule has 0 aromatic heterocycles. The van der Waals surface area contributed by atoms with Crippen LogP contribution in [0.25, 0.3) is 0 Å². The van der Waals surface area contributed by atoms with E-state index >= 15 is 0 Å². The number of rotatable bonds is 1. The van der Waals surface area contributed by atoms with Gasteiger partial charge in [0, 0.05) is 5.25 Å². The quantitative estimate of drug-likeness (QED) is 0.289. The maximum absolute atomic E-state index is 9.51. The third-order valence-corrected chi connectivity index (χ3v) is 0.552. The molecule has 4 heteroatoms. The van der Waals surface area contributed by atoms with Crippen molar-refractivity contribution in [2.24, 2.45) is 0 Å². The van der Waals surface area contributed by atoms with Crippen LogP contribution >= 0.6 is 12.6 Å². The second-order valence-corrected chi connectivity index (χ2v) is 1.77. The smallest absolute Gasteiger partial charge is 0.549 e. The van der Waals surface area contributed by atoms with Crippen LogP contribution in [0, 0.1) is 0 Å². The summed E-state index contributed by atoms with van der Waals surface area (Å²) in [5.41, 5.74) is 0. The Labute approximate surface area is 70.0 Å². The molecule has 1 atom stereocenters. The topological polar surface area (TPSA) is 40.1 Å². The Morgan fingerprint density at radius 2 is 2.00 bits per heavy atom. The average Bonchev–Trinajstić information content (AvgIpc) is 1.36. The summed E-state index contributed by atoms with van der Waals surface area (Å²) in [7, 11) is 0. The first-order chi connectivity index (χ1) is 2.64. The number of carboxylic acids is 1. The molecule has 36 valence electrons. The SMILES string of the molecule is C[C@@H](S)C(=O)[O-].[Na+]. The van der Waals surface area contributed by atoms with Gasteiger partial charge in [-0.3, -0.25) is 0 Å². The molecule has 0 spiro atoms. The van der Waals surface area contributed by atoms with Crippen LogP contribution in [0.1, 0.15) is 6.92 Å². The van der Waals surface area contributed by atoms with Crippen LogP contribution in [0.5, 0.6) is 0 Å². The normalized spacial score (nSPS) is 11.7. The van der Waals surface area contributed by atoms with E-state index in [-0.39, 0.29) is 29.6 Å². The van der Waals surface area contributed by atoms with Gasteiger partial charge in [0.05, 0.1) is 5.97 Å². The molecule has 0 heterocycles. The number of carbonyl (C=O) groups is 1. The van der Waals surface area contributed by atoms with Gasteiger partial charge >= 0.3 is 29.6 Å². The molecule has 0 fully saturated rings. The average molecular weight is 128 g/mol. The minimum atomic E-state index is -1.13. The van der Waals surface area contributed by atoms with Crippen LogP contribution in [0.4, 0.5) is 0 Å². The van der Waals surface area contributed by atoms with Gasteiger partial charge in [-0.15, -0.1) is 0 Å². The number of hydrogen-bond donors (Lipinski definition) is 1. The molecule has 2 nitrogen and oxygen atoms in total. The molecular formula is C3H5NaO2S. The van der Waals surface area contributed by atoms with Gasteiger partial charge in [0.25, 0.3) is 0 Å². The Hall–Kier alpha value is 0.820. The summed E-state index contributed by atoms with van der Waals surface area (Å²) in [5, 5.41) is 8.86. The van der Waals surface area contributed by atoms with Gasteiger partial charge < -0.3 is 9.90 Å². The molecule has 0 bridgehead atoms. The zero-order chi connectivity index (χ0) is 5.15. The van der Waals surface area contributed by atoms with E-state index < -0.39 is 11.2 Å². The van der Waals surface area contributed by atoms with Crippen molar-refractivity contribution in [1.29, 1.82) is 0 Å². The van der Waals surface area contributed by atoms with E-state index in [9.17, 15) is 9.90 Å². The van der Waals surface area contributed by atoms with E-state index in [0.29, 0.717) is 0 Å². The standard InChI is InChI=1S/C3H6O2S.Na/c1-2(6)3(4)5;/h2,6H,1H3,(H,4,5);/q;+1/p-1/t2-;/m1./s1. The van der Waals surface area contributed by atoms with Gasteiger partial charge in [-0.2, -0.15) is 12.6 Å². The summed E-state index contributed by atoms with van der Waals surface area (Å²) in [6, 6.07) is 0. The third-order valence-electron chi connectivity index (χ3n) is 0.341. The largest absolute Gasteiger partial charge is 1.00 e. The zero-order valence-electron chi connectivity index (χ0n) is 4.34. The Kier molecular flexibility index (Phi) is 7.62. The van der Waals surface area contributed by atoms with Crippen molar-refractivity contribution in [3.05, 3.63) is 0 Å². The van der Waals surface area contributed by atoms with E-state index in [1.54, 1.807) is 0 Å². The molecule has 0 aliphatic rings. The van der Waals surface area contributed by atoms with Gasteiger partial charge in [-0.1, -0.05) is 0 Å². The molecule has 7 heavy (non-hydrogen) atoms. The molecule has 0 aromatic carbocycles. The Balaban J connectivity index is 0. The van der Waals surface area contributed by atoms with Crippen molar-refractivity contribution >= 4 is 18.6 Å². The summed E-state index contributed by atoms with van der Waals surface area (Å²) >= 11 is 3.53. The Morgan fingerprint density at radius 3 is 2.00 bits per heavy atom. The van der Waals surface area contributed by atoms with Crippen LogP contribution in [0.15, 0.2) is 0 Å². The molecule has 0 N–H and O–H groups in total. The summed E-state index contributed by atoms with van der Waals surface area (Å²) in [6.07, 6.45) is 0. The van der Waals surface area contributed by atoms with E-state index in [2.05, 4.69) is 12.6 Å². The first-order valence-electron chi connectivity index (χ1n) is 1.53. The van der Waals surface area contributed by atoms with Gasteiger partial charge in [0.2, 0.25) is 0 Å². The summed E-state index contributed by atoms with van der Waals surface area (Å²) < 4.78 is 0. The van der Waals surface area contributed by atoms with Crippen molar-refractivity contribution in [2.45, 2.75) is 12.2 Å². The Bertz CT molecular complexity index is 64.0. The van der Waals surface area contributed by atoms with Crippen molar-refractivity contribution in [3.8, 4) is 0 Å². The van der Waals surface area contributed by atoms with E-state index in [1.807, 2.05) is 0 Å². The maximum Gasteiger partial charge on any atom is 1.00 e. The second-order valence-electron chi connectivity index (χ2n) is 0.995. The molecule has 0 radical (unpaired) electrons. The summed E-state index contributed by atoms with van der Waals surface area (Å²) in [5.74, 6) is -1.13. The summed E-state index contributed by atoms with van der Waals surface area (Å²) in [4.78, 5) is 9.51. The monoisotopic (exact) mass is 128 g/mol. The minimum Gasteiger partial charge on any atom is -0.549 e. The van der Waals surface area contributed by atoms with Gasteiger partial charge in [0.1, 0.15) is 0 Å². The molecule has 0 saturated heterocycles. The number of hydrogen-bond acceptors (Lipinski definition) is 3. The van der Waals surface area contributed by atoms with Crippen LogP contribution < -0.4 is 34.7 Å². The van der Waals surface area contributed by atoms with Crippen LogP contribution in [-0.4, -0.2) is 11.2 Å². The molecule has 0 saturated carbocycles. The van der Waals surface area contributed by atoms with Crippen LogP contribution in [0.3, 0.4) is 0 Å². The second kappa shape index (κ2) is 4.97. The molecule has 0 rings (SSSR count). The number of thiol groups is 1. The number of carbonyl (C=O) groups excluding carboxylic acids is 1. The van der Waals surface area contributed by atoms with Gasteiger partial charge in [-0.05, 0) is 6.92 Å². The molecule has 0 aromatic rings. The molecule has 0 aliphatic carbocycles. The van der Waals surface area contributed by atoms with Crippen LogP contribution in [0.2, 0.25) is 0 Å². The molecular weight excluding hydrogens is 123 g/mol. The van der Waals surface area contributed by atoms with Gasteiger partial charge in [-0.25, -0.2) is 0 Å². The summed E-state index contributed by atoms with van der Waals surface area (Å²) in [6.45, 7) is 1.44. The van der Waals surface area contributed by atoms with E-state index in [4.69, 9.17) is 0 Å². The fourth-order valence-corrected chi connectivity index (χ4v) is 0. The predicted molar refractivity (Wildman–Crippen MR) is 23.5 cm³/mol. The number of aliphatic carboxylic acids is 1. The predicted octanol–water partition coefficient (Wildman–Crippen LogP) is -3.94. The van der Waals surface area contributed by atoms with E-state index in [1.165, 1.54) is 6.92 Å². The van der Waals surface area contributed by atoms with E-state index in [0.717, 1.165) is 0 Å². The minimum absolute atomic E-state index is 0. The first-order valence-corrected chi connectivity index (χ1v) is 2.05.